The molecule has 0 heterocycles. The van der Waals surface area contributed by atoms with Crippen LogP contribution in [0.5, 0.6) is 5.75 Å². The molecule has 30 heavy (non-hydrogen) atoms. The van der Waals surface area contributed by atoms with Crippen LogP contribution in [-0.2, 0) is 16.1 Å². The highest BCUT2D eigenvalue weighted by Gasteiger charge is 2.29. The molecule has 0 unspecified atom stereocenters. The molecule has 162 valence electrons. The van der Waals surface area contributed by atoms with E-state index in [9.17, 15) is 9.59 Å². The van der Waals surface area contributed by atoms with Crippen LogP contribution in [0.4, 0.5) is 0 Å². The van der Waals surface area contributed by atoms with Gasteiger partial charge in [-0.15, -0.1) is 0 Å². The zero-order valence-corrected chi connectivity index (χ0v) is 20.4. The van der Waals surface area contributed by atoms with Crippen LogP contribution in [0.25, 0.3) is 0 Å². The van der Waals surface area contributed by atoms with Crippen LogP contribution < -0.4 is 10.1 Å². The average molecular weight is 537 g/mol. The Morgan fingerprint density at radius 3 is 2.40 bits per heavy atom. The van der Waals surface area contributed by atoms with E-state index in [4.69, 9.17) is 39.5 Å². The van der Waals surface area contributed by atoms with Crippen LogP contribution in [0.3, 0.4) is 0 Å². The molecule has 5 nitrogen and oxygen atoms in total. The normalized spacial score (nSPS) is 11.7. The van der Waals surface area contributed by atoms with E-state index in [1.807, 2.05) is 13.8 Å². The van der Waals surface area contributed by atoms with Gasteiger partial charge in [-0.3, -0.25) is 9.59 Å². The highest BCUT2D eigenvalue weighted by atomic mass is 79.9. The highest BCUT2D eigenvalue weighted by Crippen LogP contribution is 2.28. The van der Waals surface area contributed by atoms with Crippen LogP contribution in [0, 0.1) is 0 Å². The van der Waals surface area contributed by atoms with Crippen molar-refractivity contribution in [2.45, 2.75) is 32.9 Å². The standard InChI is InChI=1S/C21H22BrCl3N2O3/c1-3-18(21(29)26-4-2)27(11-13-5-7-15(23)16(24)9-13)20(28)12-30-19-8-6-14(22)10-17(19)25/h5-10,18H,3-4,11-12H2,1-2H3,(H,26,29)/t18-/m0/s1. The highest BCUT2D eigenvalue weighted by molar-refractivity contribution is 9.10. The third-order valence-electron chi connectivity index (χ3n) is 4.32. The molecule has 9 heteroatoms. The van der Waals surface area contributed by atoms with Crippen molar-refractivity contribution < 1.29 is 14.3 Å². The molecule has 0 aliphatic heterocycles. The molecular weight excluding hydrogens is 515 g/mol. The smallest absolute Gasteiger partial charge is 0.261 e. The lowest BCUT2D eigenvalue weighted by molar-refractivity contribution is -0.142. The molecule has 0 aliphatic rings. The lowest BCUT2D eigenvalue weighted by atomic mass is 10.1. The number of hydrogen-bond acceptors (Lipinski definition) is 3. The molecule has 2 aromatic carbocycles. The van der Waals surface area contributed by atoms with Crippen molar-refractivity contribution in [3.63, 3.8) is 0 Å². The second-order valence-corrected chi connectivity index (χ2v) is 8.59. The Balaban J connectivity index is 2.24. The predicted octanol–water partition coefficient (Wildman–Crippen LogP) is 5.73. The second-order valence-electron chi connectivity index (χ2n) is 6.45. The van der Waals surface area contributed by atoms with E-state index in [1.54, 1.807) is 36.4 Å². The van der Waals surface area contributed by atoms with Crippen molar-refractivity contribution in [3.8, 4) is 5.75 Å². The Morgan fingerprint density at radius 1 is 1.07 bits per heavy atom. The fourth-order valence-electron chi connectivity index (χ4n) is 2.86. The van der Waals surface area contributed by atoms with Crippen LogP contribution >= 0.6 is 50.7 Å². The number of carbonyl (C=O) groups excluding carboxylic acids is 2. The number of benzene rings is 2. The number of rotatable bonds is 9. The van der Waals surface area contributed by atoms with Gasteiger partial charge in [0.2, 0.25) is 5.91 Å². The van der Waals surface area contributed by atoms with E-state index in [0.29, 0.717) is 33.8 Å². The lowest BCUT2D eigenvalue weighted by Gasteiger charge is -2.30. The largest absolute Gasteiger partial charge is 0.482 e. The average Bonchev–Trinajstić information content (AvgIpc) is 2.70. The van der Waals surface area contributed by atoms with E-state index in [0.717, 1.165) is 10.0 Å². The van der Waals surface area contributed by atoms with Gasteiger partial charge in [-0.1, -0.05) is 63.7 Å². The first-order chi connectivity index (χ1) is 14.3. The van der Waals surface area contributed by atoms with Crippen molar-refractivity contribution in [1.29, 1.82) is 0 Å². The van der Waals surface area contributed by atoms with Gasteiger partial charge in [-0.2, -0.15) is 0 Å². The quantitative estimate of drug-likeness (QED) is 0.445. The first-order valence-corrected chi connectivity index (χ1v) is 11.3. The van der Waals surface area contributed by atoms with Crippen molar-refractivity contribution in [1.82, 2.24) is 10.2 Å². The lowest BCUT2D eigenvalue weighted by Crippen LogP contribution is -2.50. The van der Waals surface area contributed by atoms with Crippen LogP contribution in [0.15, 0.2) is 40.9 Å². The second kappa shape index (κ2) is 11.8. The molecule has 0 bridgehead atoms. The Bertz CT molecular complexity index is 911. The van der Waals surface area contributed by atoms with E-state index in [1.165, 1.54) is 4.90 Å². The van der Waals surface area contributed by atoms with Gasteiger partial charge in [0.25, 0.3) is 5.91 Å². The van der Waals surface area contributed by atoms with Gasteiger partial charge >= 0.3 is 0 Å². The van der Waals surface area contributed by atoms with Gasteiger partial charge in [0.15, 0.2) is 6.61 Å². The van der Waals surface area contributed by atoms with Gasteiger partial charge < -0.3 is 15.0 Å². The summed E-state index contributed by atoms with van der Waals surface area (Å²) in [5.41, 5.74) is 0.752. The minimum absolute atomic E-state index is 0.183. The molecule has 2 aromatic rings. The molecule has 0 saturated carbocycles. The summed E-state index contributed by atoms with van der Waals surface area (Å²) in [6, 6.07) is 9.57. The summed E-state index contributed by atoms with van der Waals surface area (Å²) in [6.07, 6.45) is 0.442. The van der Waals surface area contributed by atoms with E-state index in [-0.39, 0.29) is 25.0 Å². The molecular formula is C21H22BrCl3N2O3. The van der Waals surface area contributed by atoms with Crippen molar-refractivity contribution in [2.24, 2.45) is 0 Å². The molecule has 1 N–H and O–H groups in total. The topological polar surface area (TPSA) is 58.6 Å². The number of nitrogens with one attached hydrogen (secondary N) is 1. The van der Waals surface area contributed by atoms with E-state index < -0.39 is 6.04 Å². The van der Waals surface area contributed by atoms with Crippen molar-refractivity contribution in [3.05, 3.63) is 61.5 Å². The zero-order chi connectivity index (χ0) is 22.3. The minimum atomic E-state index is -0.657. The van der Waals surface area contributed by atoms with Crippen LogP contribution in [0.1, 0.15) is 25.8 Å². The van der Waals surface area contributed by atoms with Crippen LogP contribution in [0.2, 0.25) is 15.1 Å². The Labute approximate surface area is 199 Å². The van der Waals surface area contributed by atoms with Gasteiger partial charge in [-0.25, -0.2) is 0 Å². The van der Waals surface area contributed by atoms with Crippen molar-refractivity contribution in [2.75, 3.05) is 13.2 Å². The molecule has 0 fully saturated rings. The minimum Gasteiger partial charge on any atom is -0.482 e. The molecule has 0 saturated heterocycles. The number of ether oxygens (including phenoxy) is 1. The first-order valence-electron chi connectivity index (χ1n) is 9.35. The molecule has 0 aliphatic carbocycles. The van der Waals surface area contributed by atoms with Crippen molar-refractivity contribution >= 4 is 62.5 Å². The van der Waals surface area contributed by atoms with Gasteiger partial charge in [0.05, 0.1) is 15.1 Å². The summed E-state index contributed by atoms with van der Waals surface area (Å²) in [6.45, 7) is 4.06. The number of carbonyl (C=O) groups is 2. The summed E-state index contributed by atoms with van der Waals surface area (Å²) < 4.78 is 6.43. The Kier molecular flexibility index (Phi) is 9.75. The third-order valence-corrected chi connectivity index (χ3v) is 5.85. The molecule has 2 rings (SSSR count). The first kappa shape index (κ1) is 24.8. The molecule has 0 aromatic heterocycles. The number of amides is 2. The number of likely N-dealkylation sites (N-methyl/N-ethyl adjacent to an activating group) is 1. The van der Waals surface area contributed by atoms with E-state index in [2.05, 4.69) is 21.2 Å². The third kappa shape index (κ3) is 6.77. The van der Waals surface area contributed by atoms with Crippen LogP contribution in [-0.4, -0.2) is 35.9 Å². The number of halogens is 4. The Hall–Kier alpha value is -1.47. The molecule has 2 amide bonds. The van der Waals surface area contributed by atoms with Gasteiger partial charge in [-0.05, 0) is 49.2 Å². The predicted molar refractivity (Wildman–Crippen MR) is 124 cm³/mol. The fourth-order valence-corrected chi connectivity index (χ4v) is 3.91. The summed E-state index contributed by atoms with van der Waals surface area (Å²) in [5, 5.41) is 3.96. The van der Waals surface area contributed by atoms with Gasteiger partial charge in [0, 0.05) is 17.6 Å². The SMILES string of the molecule is CCNC(=O)[C@H](CC)N(Cc1ccc(Cl)c(Cl)c1)C(=O)COc1ccc(Br)cc1Cl. The fraction of sp³-hybridized carbons (Fsp3) is 0.333. The summed E-state index contributed by atoms with van der Waals surface area (Å²) in [5.74, 6) is -0.193. The van der Waals surface area contributed by atoms with E-state index >= 15 is 0 Å². The summed E-state index contributed by atoms with van der Waals surface area (Å²) in [7, 11) is 0. The zero-order valence-electron chi connectivity index (χ0n) is 16.6. The molecule has 0 spiro atoms. The summed E-state index contributed by atoms with van der Waals surface area (Å²) in [4.78, 5) is 27.1. The number of hydrogen-bond donors (Lipinski definition) is 1. The maximum absolute atomic E-state index is 13.1. The van der Waals surface area contributed by atoms with Gasteiger partial charge in [0.1, 0.15) is 11.8 Å². The molecule has 1 atom stereocenters. The maximum Gasteiger partial charge on any atom is 0.261 e. The number of nitrogens with zero attached hydrogens (tertiary/aromatic N) is 1. The monoisotopic (exact) mass is 534 g/mol. The maximum atomic E-state index is 13.1. The Morgan fingerprint density at radius 2 is 1.80 bits per heavy atom. The molecule has 0 radical (unpaired) electrons. The summed E-state index contributed by atoms with van der Waals surface area (Å²) >= 11 is 21.6.